The van der Waals surface area contributed by atoms with E-state index >= 15 is 0 Å². The molecule has 2 aromatic rings. The number of carbonyl (C=O) groups is 1. The molecule has 2 aromatic carbocycles. The first-order chi connectivity index (χ1) is 13.8. The van der Waals surface area contributed by atoms with Gasteiger partial charge >= 0.3 is 0 Å². The van der Waals surface area contributed by atoms with E-state index in [0.717, 1.165) is 18.4 Å². The van der Waals surface area contributed by atoms with Crippen LogP contribution in [0.4, 0.5) is 0 Å². The molecule has 2 N–H and O–H groups in total. The van der Waals surface area contributed by atoms with Crippen molar-refractivity contribution in [2.24, 2.45) is 0 Å². The fraction of sp³-hybridized carbons (Fsp3) is 0.350. The molecule has 0 atom stereocenters. The van der Waals surface area contributed by atoms with Crippen molar-refractivity contribution in [3.63, 3.8) is 0 Å². The number of benzene rings is 2. The molecule has 0 radical (unpaired) electrons. The summed E-state index contributed by atoms with van der Waals surface area (Å²) in [6, 6.07) is 9.83. The maximum Gasteiger partial charge on any atom is 0.252 e. The Bertz CT molecular complexity index is 1010. The molecule has 9 heteroatoms. The predicted octanol–water partition coefficient (Wildman–Crippen LogP) is 3.23. The Labute approximate surface area is 179 Å². The van der Waals surface area contributed by atoms with Crippen molar-refractivity contribution in [2.45, 2.75) is 37.2 Å². The minimum atomic E-state index is -3.64. The lowest BCUT2D eigenvalue weighted by Gasteiger charge is -2.12. The second-order valence-electron chi connectivity index (χ2n) is 6.64. The molecule has 1 aliphatic carbocycles. The zero-order chi connectivity index (χ0) is 21.0. The monoisotopic (exact) mass is 482 g/mol. The van der Waals surface area contributed by atoms with Crippen LogP contribution in [0, 0.1) is 0 Å². The summed E-state index contributed by atoms with van der Waals surface area (Å²) >= 11 is 3.32. The number of methoxy groups -OCH3 is 1. The highest BCUT2D eigenvalue weighted by atomic mass is 79.9. The summed E-state index contributed by atoms with van der Waals surface area (Å²) in [5, 5.41) is 2.81. The third-order valence-corrected chi connectivity index (χ3v) is 6.58. The molecule has 1 saturated carbocycles. The Balaban J connectivity index is 1.73. The van der Waals surface area contributed by atoms with E-state index in [0.29, 0.717) is 22.6 Å². The molecule has 0 aliphatic heterocycles. The summed E-state index contributed by atoms with van der Waals surface area (Å²) in [6.45, 7) is 2.67. The second kappa shape index (κ2) is 9.15. The number of nitrogens with one attached hydrogen (secondary N) is 2. The van der Waals surface area contributed by atoms with Gasteiger partial charge in [-0.15, -0.1) is 0 Å². The Morgan fingerprint density at radius 2 is 1.93 bits per heavy atom. The van der Waals surface area contributed by atoms with Crippen LogP contribution in [0.25, 0.3) is 0 Å². The first kappa shape index (κ1) is 21.6. The molecule has 156 valence electrons. The third-order valence-electron chi connectivity index (χ3n) is 4.37. The van der Waals surface area contributed by atoms with Gasteiger partial charge in [0.1, 0.15) is 0 Å². The van der Waals surface area contributed by atoms with Gasteiger partial charge in [-0.05, 0) is 71.6 Å². The van der Waals surface area contributed by atoms with Crippen LogP contribution in [-0.2, 0) is 16.6 Å². The highest BCUT2D eigenvalue weighted by molar-refractivity contribution is 9.10. The maximum absolute atomic E-state index is 12.7. The molecule has 7 nitrogen and oxygen atoms in total. The third kappa shape index (κ3) is 5.49. The molecular weight excluding hydrogens is 460 g/mol. The van der Waals surface area contributed by atoms with E-state index in [1.165, 1.54) is 12.1 Å². The van der Waals surface area contributed by atoms with Gasteiger partial charge in [-0.2, -0.15) is 0 Å². The van der Waals surface area contributed by atoms with Crippen molar-refractivity contribution in [2.75, 3.05) is 13.7 Å². The molecule has 3 rings (SSSR count). The van der Waals surface area contributed by atoms with Crippen LogP contribution in [-0.4, -0.2) is 34.1 Å². The lowest BCUT2D eigenvalue weighted by molar-refractivity contribution is 0.0950. The molecule has 0 unspecified atom stereocenters. The van der Waals surface area contributed by atoms with Gasteiger partial charge in [-0.25, -0.2) is 13.1 Å². The zero-order valence-corrected chi connectivity index (χ0v) is 18.6. The largest absolute Gasteiger partial charge is 0.493 e. The van der Waals surface area contributed by atoms with Gasteiger partial charge in [-0.3, -0.25) is 4.79 Å². The van der Waals surface area contributed by atoms with Crippen LogP contribution in [0.2, 0.25) is 0 Å². The number of amides is 1. The average Bonchev–Trinajstić information content (AvgIpc) is 3.50. The highest BCUT2D eigenvalue weighted by Gasteiger charge is 2.28. The fourth-order valence-corrected chi connectivity index (χ4v) is 4.47. The number of hydrogen-bond donors (Lipinski definition) is 2. The van der Waals surface area contributed by atoms with Crippen molar-refractivity contribution in [3.05, 3.63) is 52.0 Å². The summed E-state index contributed by atoms with van der Waals surface area (Å²) in [5.74, 6) is 0.834. The van der Waals surface area contributed by atoms with Crippen LogP contribution in [0.3, 0.4) is 0 Å². The fourth-order valence-electron chi connectivity index (χ4n) is 2.71. The van der Waals surface area contributed by atoms with E-state index in [-0.39, 0.29) is 29.0 Å². The molecule has 0 spiro atoms. The number of rotatable bonds is 9. The van der Waals surface area contributed by atoms with Gasteiger partial charge in [0.2, 0.25) is 10.0 Å². The summed E-state index contributed by atoms with van der Waals surface area (Å²) in [6.07, 6.45) is 1.68. The summed E-state index contributed by atoms with van der Waals surface area (Å²) in [7, 11) is -2.08. The number of ether oxygens (including phenoxy) is 2. The summed E-state index contributed by atoms with van der Waals surface area (Å²) in [4.78, 5) is 12.7. The van der Waals surface area contributed by atoms with Crippen molar-refractivity contribution in [1.82, 2.24) is 10.0 Å². The lowest BCUT2D eigenvalue weighted by Crippen LogP contribution is -2.27. The van der Waals surface area contributed by atoms with Crippen LogP contribution in [0.15, 0.2) is 45.8 Å². The molecule has 1 aliphatic rings. The summed E-state index contributed by atoms with van der Waals surface area (Å²) in [5.41, 5.74) is 1.08. The van der Waals surface area contributed by atoms with Crippen molar-refractivity contribution in [1.29, 1.82) is 0 Å². The SMILES string of the molecule is CCOc1ccc(CNC(=O)c2cc(S(=O)(=O)NC3CC3)ccc2Br)cc1OC. The standard InChI is InChI=1S/C20H23BrN2O5S/c1-3-28-18-9-4-13(10-19(18)27-2)12-22-20(24)16-11-15(7-8-17(16)21)29(25,26)23-14-5-6-14/h4,7-11,14,23H,3,5-6,12H2,1-2H3,(H,22,24). The molecule has 0 saturated heterocycles. The molecule has 1 amide bonds. The molecular formula is C20H23BrN2O5S. The Morgan fingerprint density at radius 3 is 2.59 bits per heavy atom. The summed E-state index contributed by atoms with van der Waals surface area (Å²) < 4.78 is 38.8. The van der Waals surface area contributed by atoms with Gasteiger partial charge in [0, 0.05) is 17.1 Å². The van der Waals surface area contributed by atoms with E-state index in [9.17, 15) is 13.2 Å². The topological polar surface area (TPSA) is 93.7 Å². The van der Waals surface area contributed by atoms with Crippen molar-refractivity contribution in [3.8, 4) is 11.5 Å². The molecule has 29 heavy (non-hydrogen) atoms. The van der Waals surface area contributed by atoms with Gasteiger partial charge in [0.15, 0.2) is 11.5 Å². The van der Waals surface area contributed by atoms with E-state index in [2.05, 4.69) is 26.0 Å². The highest BCUT2D eigenvalue weighted by Crippen LogP contribution is 2.28. The maximum atomic E-state index is 12.7. The predicted molar refractivity (Wildman–Crippen MR) is 113 cm³/mol. The van der Waals surface area contributed by atoms with Crippen LogP contribution in [0.5, 0.6) is 11.5 Å². The van der Waals surface area contributed by atoms with E-state index in [4.69, 9.17) is 9.47 Å². The minimum Gasteiger partial charge on any atom is -0.493 e. The van der Waals surface area contributed by atoms with Gasteiger partial charge in [-0.1, -0.05) is 6.07 Å². The van der Waals surface area contributed by atoms with Crippen LogP contribution < -0.4 is 19.5 Å². The Kier molecular flexibility index (Phi) is 6.81. The Morgan fingerprint density at radius 1 is 1.17 bits per heavy atom. The van der Waals surface area contributed by atoms with Gasteiger partial charge < -0.3 is 14.8 Å². The molecule has 1 fully saturated rings. The number of carbonyl (C=O) groups excluding carboxylic acids is 1. The van der Waals surface area contributed by atoms with Crippen LogP contribution >= 0.6 is 15.9 Å². The van der Waals surface area contributed by atoms with E-state index < -0.39 is 10.0 Å². The lowest BCUT2D eigenvalue weighted by atomic mass is 10.1. The van der Waals surface area contributed by atoms with Crippen molar-refractivity contribution < 1.29 is 22.7 Å². The van der Waals surface area contributed by atoms with E-state index in [1.54, 1.807) is 25.3 Å². The molecule has 0 aromatic heterocycles. The second-order valence-corrected chi connectivity index (χ2v) is 9.21. The smallest absolute Gasteiger partial charge is 0.252 e. The molecule has 0 bridgehead atoms. The number of sulfonamides is 1. The first-order valence-corrected chi connectivity index (χ1v) is 11.5. The first-order valence-electron chi connectivity index (χ1n) is 9.24. The van der Waals surface area contributed by atoms with Gasteiger partial charge in [0.05, 0.1) is 24.2 Å². The average molecular weight is 483 g/mol. The van der Waals surface area contributed by atoms with Gasteiger partial charge in [0.25, 0.3) is 5.91 Å². The van der Waals surface area contributed by atoms with E-state index in [1.807, 2.05) is 13.0 Å². The number of halogens is 1. The van der Waals surface area contributed by atoms with Crippen molar-refractivity contribution >= 4 is 31.9 Å². The number of hydrogen-bond acceptors (Lipinski definition) is 5. The minimum absolute atomic E-state index is 0.00411. The Hall–Kier alpha value is -2.10. The zero-order valence-electron chi connectivity index (χ0n) is 16.2. The normalized spacial score (nSPS) is 13.8. The molecule has 0 heterocycles. The quantitative estimate of drug-likeness (QED) is 0.572. The van der Waals surface area contributed by atoms with Crippen LogP contribution in [0.1, 0.15) is 35.7 Å².